The number of likely N-dealkylation sites (N-methyl/N-ethyl adjacent to an activating group) is 1. The Labute approximate surface area is 160 Å². The predicted octanol–water partition coefficient (Wildman–Crippen LogP) is 2.49. The van der Waals surface area contributed by atoms with E-state index in [0.717, 1.165) is 55.7 Å². The Morgan fingerprint density at radius 2 is 1.85 bits per heavy atom. The average Bonchev–Trinajstić information content (AvgIpc) is 2.89. The molecule has 1 atom stereocenters. The van der Waals surface area contributed by atoms with Gasteiger partial charge in [-0.1, -0.05) is 0 Å². The standard InChI is InChI=1S/C20H29F2N5/c1-14(13-26-9-7-25(4)8-10-26)23-12-18-15(2)24-27(16(18)3)20-6-5-17(21)11-19(20)22/h5-6,11,14,23H,7-10,12-13H2,1-4H3. The molecule has 1 unspecified atom stereocenters. The van der Waals surface area contributed by atoms with Crippen LogP contribution in [0.3, 0.4) is 0 Å². The van der Waals surface area contributed by atoms with Crippen molar-refractivity contribution in [2.75, 3.05) is 39.8 Å². The molecule has 1 aliphatic heterocycles. The number of hydrogen-bond donors (Lipinski definition) is 1. The van der Waals surface area contributed by atoms with Crippen LogP contribution in [0.1, 0.15) is 23.9 Å². The number of piperazine rings is 1. The molecule has 2 aromatic rings. The molecule has 1 aromatic heterocycles. The van der Waals surface area contributed by atoms with E-state index in [2.05, 4.69) is 34.2 Å². The number of aryl methyl sites for hydroxylation is 1. The molecule has 0 aliphatic carbocycles. The van der Waals surface area contributed by atoms with Crippen molar-refractivity contribution in [1.29, 1.82) is 0 Å². The molecule has 1 fully saturated rings. The highest BCUT2D eigenvalue weighted by atomic mass is 19.1. The molecule has 0 saturated carbocycles. The molecule has 1 aliphatic rings. The van der Waals surface area contributed by atoms with Gasteiger partial charge >= 0.3 is 0 Å². The maximum absolute atomic E-state index is 14.1. The molecule has 0 radical (unpaired) electrons. The van der Waals surface area contributed by atoms with Crippen molar-refractivity contribution in [3.05, 3.63) is 46.8 Å². The van der Waals surface area contributed by atoms with Crippen molar-refractivity contribution in [1.82, 2.24) is 24.9 Å². The summed E-state index contributed by atoms with van der Waals surface area (Å²) in [7, 11) is 2.16. The van der Waals surface area contributed by atoms with Crippen LogP contribution in [-0.4, -0.2) is 65.4 Å². The van der Waals surface area contributed by atoms with E-state index in [0.29, 0.717) is 12.6 Å². The van der Waals surface area contributed by atoms with Gasteiger partial charge < -0.3 is 10.2 Å². The highest BCUT2D eigenvalue weighted by molar-refractivity contribution is 5.38. The minimum absolute atomic E-state index is 0.272. The predicted molar refractivity (Wildman–Crippen MR) is 103 cm³/mol. The Bertz CT molecular complexity index is 781. The zero-order valence-corrected chi connectivity index (χ0v) is 16.6. The van der Waals surface area contributed by atoms with Crippen LogP contribution < -0.4 is 5.32 Å². The zero-order chi connectivity index (χ0) is 19.6. The molecule has 1 saturated heterocycles. The summed E-state index contributed by atoms with van der Waals surface area (Å²) < 4.78 is 28.9. The van der Waals surface area contributed by atoms with Gasteiger partial charge in [0, 0.05) is 62.6 Å². The minimum atomic E-state index is -0.608. The summed E-state index contributed by atoms with van der Waals surface area (Å²) in [4.78, 5) is 4.83. The van der Waals surface area contributed by atoms with Crippen LogP contribution in [-0.2, 0) is 6.54 Å². The highest BCUT2D eigenvalue weighted by Gasteiger charge is 2.18. The fraction of sp³-hybridized carbons (Fsp3) is 0.550. The number of hydrogen-bond acceptors (Lipinski definition) is 4. The summed E-state index contributed by atoms with van der Waals surface area (Å²) in [6, 6.07) is 3.92. The molecule has 27 heavy (non-hydrogen) atoms. The topological polar surface area (TPSA) is 36.3 Å². The summed E-state index contributed by atoms with van der Waals surface area (Å²) in [5, 5.41) is 8.04. The summed E-state index contributed by atoms with van der Waals surface area (Å²) in [5.74, 6) is -1.19. The molecular formula is C20H29F2N5. The second-order valence-electron chi connectivity index (χ2n) is 7.54. The van der Waals surface area contributed by atoms with Crippen molar-refractivity contribution in [3.63, 3.8) is 0 Å². The van der Waals surface area contributed by atoms with Gasteiger partial charge in [-0.2, -0.15) is 5.10 Å². The van der Waals surface area contributed by atoms with Crippen molar-refractivity contribution < 1.29 is 8.78 Å². The van der Waals surface area contributed by atoms with E-state index in [1.807, 2.05) is 13.8 Å². The van der Waals surface area contributed by atoms with Crippen LogP contribution in [0, 0.1) is 25.5 Å². The van der Waals surface area contributed by atoms with Gasteiger partial charge in [-0.15, -0.1) is 0 Å². The largest absolute Gasteiger partial charge is 0.309 e. The molecule has 1 aromatic carbocycles. The van der Waals surface area contributed by atoms with Gasteiger partial charge in [0.2, 0.25) is 0 Å². The van der Waals surface area contributed by atoms with Crippen LogP contribution in [0.2, 0.25) is 0 Å². The molecule has 0 spiro atoms. The van der Waals surface area contributed by atoms with Gasteiger partial charge in [0.15, 0.2) is 5.82 Å². The SMILES string of the molecule is Cc1nn(-c2ccc(F)cc2F)c(C)c1CNC(C)CN1CCN(C)CC1. The van der Waals surface area contributed by atoms with Gasteiger partial charge in [0.05, 0.1) is 5.69 Å². The summed E-state index contributed by atoms with van der Waals surface area (Å²) >= 11 is 0. The lowest BCUT2D eigenvalue weighted by molar-refractivity contribution is 0.144. The van der Waals surface area contributed by atoms with Crippen LogP contribution in [0.25, 0.3) is 5.69 Å². The summed E-state index contributed by atoms with van der Waals surface area (Å²) in [5.41, 5.74) is 3.06. The van der Waals surface area contributed by atoms with Crippen LogP contribution >= 0.6 is 0 Å². The Morgan fingerprint density at radius 3 is 2.52 bits per heavy atom. The van der Waals surface area contributed by atoms with Crippen LogP contribution in [0.4, 0.5) is 8.78 Å². The summed E-state index contributed by atoms with van der Waals surface area (Å²) in [6.07, 6.45) is 0. The van der Waals surface area contributed by atoms with E-state index in [1.54, 1.807) is 4.68 Å². The zero-order valence-electron chi connectivity index (χ0n) is 16.6. The molecule has 1 N–H and O–H groups in total. The van der Waals surface area contributed by atoms with E-state index in [9.17, 15) is 8.78 Å². The Balaban J connectivity index is 1.64. The molecule has 0 bridgehead atoms. The van der Waals surface area contributed by atoms with E-state index < -0.39 is 11.6 Å². The fourth-order valence-electron chi connectivity index (χ4n) is 3.58. The van der Waals surface area contributed by atoms with Crippen LogP contribution in [0.5, 0.6) is 0 Å². The first-order valence-electron chi connectivity index (χ1n) is 9.50. The summed E-state index contributed by atoms with van der Waals surface area (Å²) in [6.45, 7) is 12.1. The van der Waals surface area contributed by atoms with Crippen molar-refractivity contribution in [2.24, 2.45) is 0 Å². The first-order valence-corrected chi connectivity index (χ1v) is 9.50. The first kappa shape index (κ1) is 19.9. The molecule has 7 heteroatoms. The third-order valence-electron chi connectivity index (χ3n) is 5.33. The van der Waals surface area contributed by atoms with Crippen molar-refractivity contribution in [3.8, 4) is 5.69 Å². The third kappa shape index (κ3) is 4.72. The van der Waals surface area contributed by atoms with E-state index in [1.165, 1.54) is 12.1 Å². The Kier molecular flexibility index (Phi) is 6.24. The van der Waals surface area contributed by atoms with Gasteiger partial charge in [-0.05, 0) is 40.0 Å². The monoisotopic (exact) mass is 377 g/mol. The molecule has 148 valence electrons. The smallest absolute Gasteiger partial charge is 0.151 e. The number of aromatic nitrogens is 2. The second-order valence-corrected chi connectivity index (χ2v) is 7.54. The van der Waals surface area contributed by atoms with Gasteiger partial charge in [0.25, 0.3) is 0 Å². The molecule has 0 amide bonds. The molecular weight excluding hydrogens is 348 g/mol. The number of rotatable bonds is 6. The van der Waals surface area contributed by atoms with E-state index in [-0.39, 0.29) is 5.69 Å². The molecule has 5 nitrogen and oxygen atoms in total. The highest BCUT2D eigenvalue weighted by Crippen LogP contribution is 2.21. The van der Waals surface area contributed by atoms with Crippen molar-refractivity contribution >= 4 is 0 Å². The quantitative estimate of drug-likeness (QED) is 0.839. The molecule has 3 rings (SSSR count). The maximum Gasteiger partial charge on any atom is 0.151 e. The lowest BCUT2D eigenvalue weighted by Crippen LogP contribution is -2.48. The van der Waals surface area contributed by atoms with Gasteiger partial charge in [0.1, 0.15) is 11.5 Å². The van der Waals surface area contributed by atoms with Crippen LogP contribution in [0.15, 0.2) is 18.2 Å². The maximum atomic E-state index is 14.1. The minimum Gasteiger partial charge on any atom is -0.309 e. The number of benzene rings is 1. The second kappa shape index (κ2) is 8.46. The van der Waals surface area contributed by atoms with Gasteiger partial charge in [-0.25, -0.2) is 13.5 Å². The Morgan fingerprint density at radius 1 is 1.15 bits per heavy atom. The third-order valence-corrected chi connectivity index (χ3v) is 5.33. The van der Waals surface area contributed by atoms with E-state index in [4.69, 9.17) is 0 Å². The normalized spacial score (nSPS) is 17.4. The number of nitrogens with zero attached hydrogens (tertiary/aromatic N) is 4. The lowest BCUT2D eigenvalue weighted by atomic mass is 10.1. The van der Waals surface area contributed by atoms with Gasteiger partial charge in [-0.3, -0.25) is 4.90 Å². The van der Waals surface area contributed by atoms with Crippen molar-refractivity contribution in [2.45, 2.75) is 33.4 Å². The number of halogens is 2. The van der Waals surface area contributed by atoms with E-state index >= 15 is 0 Å². The average molecular weight is 377 g/mol. The fourth-order valence-corrected chi connectivity index (χ4v) is 3.58. The first-order chi connectivity index (χ1) is 12.8. The Hall–Kier alpha value is -1.83. The molecule has 2 heterocycles. The lowest BCUT2D eigenvalue weighted by Gasteiger charge is -2.34. The number of nitrogens with one attached hydrogen (secondary N) is 1.